The molecule has 1 unspecified atom stereocenters. The van der Waals surface area contributed by atoms with Gasteiger partial charge in [0.1, 0.15) is 5.82 Å². The molecule has 0 aliphatic heterocycles. The molecular formula is C11H20N4. The SMILES string of the molecule is CCc1nc(C(N)C2CCCCC2)n[nH]1. The van der Waals surface area contributed by atoms with Crippen LogP contribution in [0.15, 0.2) is 0 Å². The van der Waals surface area contributed by atoms with E-state index >= 15 is 0 Å². The van der Waals surface area contributed by atoms with Gasteiger partial charge >= 0.3 is 0 Å². The fourth-order valence-corrected chi connectivity index (χ4v) is 2.32. The molecule has 0 aromatic carbocycles. The van der Waals surface area contributed by atoms with Crippen LogP contribution < -0.4 is 5.73 Å². The highest BCUT2D eigenvalue weighted by Gasteiger charge is 2.24. The number of aromatic nitrogens is 3. The third-order valence-electron chi connectivity index (χ3n) is 3.34. The van der Waals surface area contributed by atoms with Crippen molar-refractivity contribution in [2.45, 2.75) is 51.5 Å². The van der Waals surface area contributed by atoms with Crippen molar-refractivity contribution in [2.24, 2.45) is 11.7 Å². The van der Waals surface area contributed by atoms with E-state index in [9.17, 15) is 0 Å². The normalized spacial score (nSPS) is 20.4. The largest absolute Gasteiger partial charge is 0.321 e. The quantitative estimate of drug-likeness (QED) is 0.797. The van der Waals surface area contributed by atoms with Gasteiger partial charge in [-0.15, -0.1) is 0 Å². The Bertz CT molecular complexity index is 301. The molecule has 1 saturated carbocycles. The molecule has 1 atom stereocenters. The number of nitrogens with two attached hydrogens (primary N) is 1. The number of hydrogen-bond donors (Lipinski definition) is 2. The summed E-state index contributed by atoms with van der Waals surface area (Å²) in [6.45, 7) is 2.07. The van der Waals surface area contributed by atoms with Gasteiger partial charge in [-0.2, -0.15) is 5.10 Å². The maximum absolute atomic E-state index is 6.19. The molecule has 4 nitrogen and oxygen atoms in total. The standard InChI is InChI=1S/C11H20N4/c1-2-9-13-11(15-14-9)10(12)8-6-4-3-5-7-8/h8,10H,2-7,12H2,1H3,(H,13,14,15). The minimum atomic E-state index is 0.0295. The van der Waals surface area contributed by atoms with Gasteiger partial charge in [0, 0.05) is 6.42 Å². The van der Waals surface area contributed by atoms with Crippen LogP contribution in [0, 0.1) is 5.92 Å². The molecule has 1 fully saturated rings. The second kappa shape index (κ2) is 4.75. The molecule has 2 rings (SSSR count). The molecule has 1 aliphatic carbocycles. The Balaban J connectivity index is 2.02. The first kappa shape index (κ1) is 10.6. The molecule has 1 heterocycles. The fourth-order valence-electron chi connectivity index (χ4n) is 2.32. The molecule has 1 aromatic heterocycles. The second-order valence-electron chi connectivity index (χ2n) is 4.42. The maximum atomic E-state index is 6.19. The van der Waals surface area contributed by atoms with E-state index < -0.39 is 0 Å². The second-order valence-corrected chi connectivity index (χ2v) is 4.42. The molecule has 0 radical (unpaired) electrons. The van der Waals surface area contributed by atoms with Gasteiger partial charge in [0.15, 0.2) is 5.82 Å². The Labute approximate surface area is 90.7 Å². The Morgan fingerprint density at radius 2 is 2.13 bits per heavy atom. The summed E-state index contributed by atoms with van der Waals surface area (Å²) < 4.78 is 0. The Morgan fingerprint density at radius 3 is 2.73 bits per heavy atom. The number of H-pyrrole nitrogens is 1. The third kappa shape index (κ3) is 2.37. The summed E-state index contributed by atoms with van der Waals surface area (Å²) >= 11 is 0. The number of rotatable bonds is 3. The molecule has 0 bridgehead atoms. The van der Waals surface area contributed by atoms with E-state index in [4.69, 9.17) is 5.73 Å². The van der Waals surface area contributed by atoms with Crippen molar-refractivity contribution in [1.29, 1.82) is 0 Å². The lowest BCUT2D eigenvalue weighted by Crippen LogP contribution is -2.24. The first-order valence-electron chi connectivity index (χ1n) is 5.98. The zero-order valence-electron chi connectivity index (χ0n) is 9.37. The zero-order valence-corrected chi connectivity index (χ0v) is 9.37. The summed E-state index contributed by atoms with van der Waals surface area (Å²) in [6.07, 6.45) is 7.34. The fraction of sp³-hybridized carbons (Fsp3) is 0.818. The molecule has 0 spiro atoms. The molecule has 1 aliphatic rings. The lowest BCUT2D eigenvalue weighted by Gasteiger charge is -2.25. The first-order chi connectivity index (χ1) is 7.31. The minimum absolute atomic E-state index is 0.0295. The van der Waals surface area contributed by atoms with Crippen LogP contribution in [0.25, 0.3) is 0 Å². The van der Waals surface area contributed by atoms with Gasteiger partial charge in [-0.05, 0) is 18.8 Å². The Morgan fingerprint density at radius 1 is 1.40 bits per heavy atom. The van der Waals surface area contributed by atoms with E-state index in [2.05, 4.69) is 22.1 Å². The van der Waals surface area contributed by atoms with E-state index in [1.807, 2.05) is 0 Å². The predicted molar refractivity (Wildman–Crippen MR) is 59.3 cm³/mol. The molecule has 4 heteroatoms. The van der Waals surface area contributed by atoms with Crippen molar-refractivity contribution in [3.05, 3.63) is 11.6 Å². The number of aromatic amines is 1. The lowest BCUT2D eigenvalue weighted by molar-refractivity contribution is 0.301. The van der Waals surface area contributed by atoms with Crippen molar-refractivity contribution in [2.75, 3.05) is 0 Å². The van der Waals surface area contributed by atoms with Crippen molar-refractivity contribution in [3.63, 3.8) is 0 Å². The van der Waals surface area contributed by atoms with Crippen LogP contribution in [-0.4, -0.2) is 15.2 Å². The van der Waals surface area contributed by atoms with Gasteiger partial charge in [-0.3, -0.25) is 5.10 Å². The number of hydrogen-bond acceptors (Lipinski definition) is 3. The Kier molecular flexibility index (Phi) is 3.36. The summed E-state index contributed by atoms with van der Waals surface area (Å²) in [7, 11) is 0. The lowest BCUT2D eigenvalue weighted by atomic mass is 9.84. The molecule has 1 aromatic rings. The molecule has 0 amide bonds. The van der Waals surface area contributed by atoms with Crippen LogP contribution in [0.4, 0.5) is 0 Å². The van der Waals surface area contributed by atoms with Gasteiger partial charge in [-0.25, -0.2) is 4.98 Å². The summed E-state index contributed by atoms with van der Waals surface area (Å²) in [5, 5.41) is 7.14. The summed E-state index contributed by atoms with van der Waals surface area (Å²) in [4.78, 5) is 4.41. The third-order valence-corrected chi connectivity index (χ3v) is 3.34. The van der Waals surface area contributed by atoms with Gasteiger partial charge in [-0.1, -0.05) is 26.2 Å². The van der Waals surface area contributed by atoms with Crippen LogP contribution in [0.5, 0.6) is 0 Å². The van der Waals surface area contributed by atoms with Crippen LogP contribution in [-0.2, 0) is 6.42 Å². The van der Waals surface area contributed by atoms with E-state index in [0.717, 1.165) is 18.1 Å². The number of aryl methyl sites for hydroxylation is 1. The van der Waals surface area contributed by atoms with Gasteiger partial charge in [0.05, 0.1) is 6.04 Å². The average molecular weight is 208 g/mol. The molecule has 0 saturated heterocycles. The highest BCUT2D eigenvalue weighted by Crippen LogP contribution is 2.31. The van der Waals surface area contributed by atoms with Crippen LogP contribution >= 0.6 is 0 Å². The number of nitrogens with one attached hydrogen (secondary N) is 1. The monoisotopic (exact) mass is 208 g/mol. The average Bonchev–Trinajstić information content (AvgIpc) is 2.78. The van der Waals surface area contributed by atoms with Gasteiger partial charge in [0.2, 0.25) is 0 Å². The predicted octanol–water partition coefficient (Wildman–Crippen LogP) is 1.95. The van der Waals surface area contributed by atoms with E-state index in [-0.39, 0.29) is 6.04 Å². The summed E-state index contributed by atoms with van der Waals surface area (Å²) in [5.74, 6) is 2.33. The van der Waals surface area contributed by atoms with Crippen LogP contribution in [0.3, 0.4) is 0 Å². The van der Waals surface area contributed by atoms with Crippen LogP contribution in [0.1, 0.15) is 56.7 Å². The zero-order chi connectivity index (χ0) is 10.7. The van der Waals surface area contributed by atoms with Gasteiger partial charge in [0.25, 0.3) is 0 Å². The van der Waals surface area contributed by atoms with Gasteiger partial charge < -0.3 is 5.73 Å². The van der Waals surface area contributed by atoms with E-state index in [0.29, 0.717) is 5.92 Å². The van der Waals surface area contributed by atoms with E-state index in [1.54, 1.807) is 0 Å². The maximum Gasteiger partial charge on any atom is 0.167 e. The van der Waals surface area contributed by atoms with E-state index in [1.165, 1.54) is 32.1 Å². The first-order valence-corrected chi connectivity index (χ1v) is 5.98. The minimum Gasteiger partial charge on any atom is -0.321 e. The Hall–Kier alpha value is -0.900. The molecule has 15 heavy (non-hydrogen) atoms. The van der Waals surface area contributed by atoms with Crippen LogP contribution in [0.2, 0.25) is 0 Å². The highest BCUT2D eigenvalue weighted by molar-refractivity contribution is 4.98. The van der Waals surface area contributed by atoms with Crippen molar-refractivity contribution < 1.29 is 0 Å². The molecule has 84 valence electrons. The topological polar surface area (TPSA) is 67.6 Å². The van der Waals surface area contributed by atoms with Crippen molar-refractivity contribution in [1.82, 2.24) is 15.2 Å². The smallest absolute Gasteiger partial charge is 0.167 e. The number of nitrogens with zero attached hydrogens (tertiary/aromatic N) is 2. The van der Waals surface area contributed by atoms with Crippen molar-refractivity contribution in [3.8, 4) is 0 Å². The summed E-state index contributed by atoms with van der Waals surface area (Å²) in [5.41, 5.74) is 6.19. The summed E-state index contributed by atoms with van der Waals surface area (Å²) in [6, 6.07) is 0.0295. The highest BCUT2D eigenvalue weighted by atomic mass is 15.2. The molecule has 3 N–H and O–H groups in total. The molecular weight excluding hydrogens is 188 g/mol. The van der Waals surface area contributed by atoms with Crippen molar-refractivity contribution >= 4 is 0 Å².